The van der Waals surface area contributed by atoms with E-state index in [1.54, 1.807) is 0 Å². The molecule has 0 aromatic heterocycles. The Morgan fingerprint density at radius 1 is 0.733 bits per heavy atom. The third-order valence-electron chi connectivity index (χ3n) is 4.69. The molecule has 1 heteroatoms. The van der Waals surface area contributed by atoms with Crippen LogP contribution in [0, 0.1) is 5.54 Å². The van der Waals surface area contributed by atoms with E-state index in [1.807, 2.05) is 5.54 Å². The van der Waals surface area contributed by atoms with Crippen molar-refractivity contribution in [2.45, 2.75) is 83.8 Å². The highest BCUT2D eigenvalue weighted by Crippen LogP contribution is 2.52. The molecule has 1 fully saturated rings. The zero-order valence-electron chi connectivity index (χ0n) is 11.6. The summed E-state index contributed by atoms with van der Waals surface area (Å²) in [6.07, 6.45) is 5.86. The maximum Gasteiger partial charge on any atom is 0.0677 e. The fourth-order valence-electron chi connectivity index (χ4n) is 4.46. The van der Waals surface area contributed by atoms with Gasteiger partial charge < -0.3 is 0 Å². The van der Waals surface area contributed by atoms with Crippen molar-refractivity contribution in [3.05, 3.63) is 5.54 Å². The zero-order chi connectivity index (χ0) is 11.6. The van der Waals surface area contributed by atoms with Crippen LogP contribution in [0.15, 0.2) is 0 Å². The van der Waals surface area contributed by atoms with Crippen molar-refractivity contribution in [1.29, 1.82) is 0 Å². The highest BCUT2D eigenvalue weighted by Gasteiger charge is 2.49. The van der Waals surface area contributed by atoms with Gasteiger partial charge in [0.25, 0.3) is 0 Å². The van der Waals surface area contributed by atoms with E-state index in [-0.39, 0.29) is 0 Å². The Bertz CT molecular complexity index is 166. The first-order valence-corrected chi connectivity index (χ1v) is 9.02. The lowest BCUT2D eigenvalue weighted by Crippen LogP contribution is -2.49. The molecule has 0 atom stereocenters. The van der Waals surface area contributed by atoms with Crippen molar-refractivity contribution >= 4 is 8.07 Å². The summed E-state index contributed by atoms with van der Waals surface area (Å²) in [4.78, 5) is 0. The van der Waals surface area contributed by atoms with Crippen LogP contribution in [-0.2, 0) is 0 Å². The second-order valence-electron chi connectivity index (χ2n) is 6.21. The van der Waals surface area contributed by atoms with Crippen molar-refractivity contribution in [2.75, 3.05) is 0 Å². The summed E-state index contributed by atoms with van der Waals surface area (Å²) in [5, 5.41) is 0. The molecule has 15 heavy (non-hydrogen) atoms. The van der Waals surface area contributed by atoms with Gasteiger partial charge in [-0.3, -0.25) is 0 Å². The predicted molar refractivity (Wildman–Crippen MR) is 72.8 cm³/mol. The van der Waals surface area contributed by atoms with E-state index in [0.717, 1.165) is 16.6 Å². The van der Waals surface area contributed by atoms with Gasteiger partial charge in [0.2, 0.25) is 0 Å². The van der Waals surface area contributed by atoms with E-state index in [9.17, 15) is 0 Å². The Morgan fingerprint density at radius 3 is 1.33 bits per heavy atom. The van der Waals surface area contributed by atoms with Gasteiger partial charge in [-0.15, -0.1) is 0 Å². The molecule has 0 nitrogen and oxygen atoms in total. The first-order chi connectivity index (χ1) is 6.94. The van der Waals surface area contributed by atoms with Gasteiger partial charge in [-0.1, -0.05) is 71.0 Å². The van der Waals surface area contributed by atoms with E-state index < -0.39 is 8.07 Å². The van der Waals surface area contributed by atoms with Crippen molar-refractivity contribution in [2.24, 2.45) is 0 Å². The van der Waals surface area contributed by atoms with Gasteiger partial charge in [-0.2, -0.15) is 0 Å². The molecule has 1 saturated carbocycles. The summed E-state index contributed by atoms with van der Waals surface area (Å²) < 4.78 is 0. The summed E-state index contributed by atoms with van der Waals surface area (Å²) >= 11 is 0. The zero-order valence-corrected chi connectivity index (χ0v) is 12.6. The molecule has 0 aromatic carbocycles. The van der Waals surface area contributed by atoms with Crippen LogP contribution in [0.25, 0.3) is 0 Å². The molecule has 1 aliphatic rings. The van der Waals surface area contributed by atoms with Gasteiger partial charge in [0.05, 0.1) is 8.07 Å². The maximum atomic E-state index is 2.48. The Hall–Kier alpha value is 0.217. The van der Waals surface area contributed by atoms with Gasteiger partial charge in [0, 0.05) is 0 Å². The van der Waals surface area contributed by atoms with Crippen LogP contribution in [0.1, 0.15) is 67.2 Å². The Balaban J connectivity index is 3.00. The summed E-state index contributed by atoms with van der Waals surface area (Å²) in [6, 6.07) is 0. The monoisotopic (exact) mass is 225 g/mol. The molecule has 0 amide bonds. The molecule has 0 N–H and O–H groups in total. The van der Waals surface area contributed by atoms with Gasteiger partial charge in [-0.05, 0) is 18.4 Å². The molecule has 0 unspecified atom stereocenters. The first kappa shape index (κ1) is 13.3. The quantitative estimate of drug-likeness (QED) is 0.566. The van der Waals surface area contributed by atoms with Crippen molar-refractivity contribution in [1.82, 2.24) is 0 Å². The highest BCUT2D eigenvalue weighted by atomic mass is 28.3. The van der Waals surface area contributed by atoms with Crippen LogP contribution in [0.3, 0.4) is 0 Å². The Kier molecular flexibility index (Phi) is 4.46. The summed E-state index contributed by atoms with van der Waals surface area (Å²) in [6.45, 7) is 14.9. The predicted octanol–water partition coefficient (Wildman–Crippen LogP) is 5.35. The average molecular weight is 225 g/mol. The molecule has 0 aromatic rings. The summed E-state index contributed by atoms with van der Waals surface area (Å²) in [5.74, 6) is 0. The third kappa shape index (κ3) is 2.18. The lowest BCUT2D eigenvalue weighted by atomic mass is 10.4. The second-order valence-corrected chi connectivity index (χ2v) is 12.2. The van der Waals surface area contributed by atoms with E-state index in [2.05, 4.69) is 41.5 Å². The van der Waals surface area contributed by atoms with Crippen molar-refractivity contribution < 1.29 is 0 Å². The van der Waals surface area contributed by atoms with E-state index in [4.69, 9.17) is 0 Å². The molecule has 1 aliphatic carbocycles. The normalized spacial score (nSPS) is 19.8. The minimum Gasteiger partial charge on any atom is -0.0651 e. The topological polar surface area (TPSA) is 0 Å². The van der Waals surface area contributed by atoms with Gasteiger partial charge in [0.15, 0.2) is 0 Å². The molecule has 0 aliphatic heterocycles. The minimum absolute atomic E-state index is 0.922. The number of hydrogen-bond acceptors (Lipinski definition) is 0. The highest BCUT2D eigenvalue weighted by molar-refractivity contribution is 6.88. The molecular formula is C14H29Si. The van der Waals surface area contributed by atoms with Crippen LogP contribution < -0.4 is 0 Å². The van der Waals surface area contributed by atoms with Crippen molar-refractivity contribution in [3.8, 4) is 0 Å². The lowest BCUT2D eigenvalue weighted by molar-refractivity contribution is 0.779. The Morgan fingerprint density at radius 2 is 1.07 bits per heavy atom. The fourth-order valence-corrected chi connectivity index (χ4v) is 12.1. The van der Waals surface area contributed by atoms with Crippen LogP contribution >= 0.6 is 0 Å². The van der Waals surface area contributed by atoms with E-state index in [0.29, 0.717) is 0 Å². The largest absolute Gasteiger partial charge is 0.0677 e. The van der Waals surface area contributed by atoms with Crippen molar-refractivity contribution in [3.63, 3.8) is 0 Å². The van der Waals surface area contributed by atoms with Crippen LogP contribution in [-0.4, -0.2) is 8.07 Å². The second kappa shape index (κ2) is 5.03. The van der Waals surface area contributed by atoms with E-state index >= 15 is 0 Å². The molecule has 0 bridgehead atoms. The lowest BCUT2D eigenvalue weighted by Gasteiger charge is -2.47. The smallest absolute Gasteiger partial charge is 0.0651 e. The third-order valence-corrected chi connectivity index (χ3v) is 12.1. The fraction of sp³-hybridized carbons (Fsp3) is 0.929. The Labute approximate surface area is 97.9 Å². The molecular weight excluding hydrogens is 196 g/mol. The SMILES string of the molecule is CC(C)[Si]([C]1CCCC1)(C(C)C)C(C)C. The first-order valence-electron chi connectivity index (χ1n) is 6.79. The van der Waals surface area contributed by atoms with Gasteiger partial charge in [-0.25, -0.2) is 0 Å². The van der Waals surface area contributed by atoms with Gasteiger partial charge >= 0.3 is 0 Å². The minimum atomic E-state index is -1.18. The number of hydrogen-bond donors (Lipinski definition) is 0. The molecule has 0 spiro atoms. The molecule has 0 saturated heterocycles. The average Bonchev–Trinajstić information content (AvgIpc) is 2.55. The number of rotatable bonds is 4. The summed E-state index contributed by atoms with van der Waals surface area (Å²) in [5.41, 5.74) is 4.78. The summed E-state index contributed by atoms with van der Waals surface area (Å²) in [7, 11) is -1.18. The molecule has 1 radical (unpaired) electrons. The van der Waals surface area contributed by atoms with Crippen LogP contribution in [0.4, 0.5) is 0 Å². The molecule has 0 heterocycles. The van der Waals surface area contributed by atoms with Gasteiger partial charge in [0.1, 0.15) is 0 Å². The molecule has 1 rings (SSSR count). The van der Waals surface area contributed by atoms with E-state index in [1.165, 1.54) is 25.7 Å². The standard InChI is InChI=1S/C14H29Si/c1-11(2)15(12(3)4,13(5)6)14-9-7-8-10-14/h11-13H,7-10H2,1-6H3. The maximum absolute atomic E-state index is 2.48. The van der Waals surface area contributed by atoms with Crippen LogP contribution in [0.5, 0.6) is 0 Å². The van der Waals surface area contributed by atoms with Crippen LogP contribution in [0.2, 0.25) is 16.6 Å². The molecule has 89 valence electrons.